The maximum Gasteiger partial charge on any atom is 0.203 e. The highest BCUT2D eigenvalue weighted by Gasteiger charge is 2.48. The first kappa shape index (κ1) is 15.2. The number of ketones is 1. The lowest BCUT2D eigenvalue weighted by Crippen LogP contribution is -2.40. The van der Waals surface area contributed by atoms with Crippen molar-refractivity contribution >= 4 is 17.4 Å². The van der Waals surface area contributed by atoms with E-state index in [0.717, 1.165) is 5.56 Å². The molecule has 2 nitrogen and oxygen atoms in total. The molecule has 1 aliphatic rings. The smallest absolute Gasteiger partial charge is 0.203 e. The number of rotatable bonds is 2. The summed E-state index contributed by atoms with van der Waals surface area (Å²) in [6.45, 7) is 0. The normalized spacial score (nSPS) is 22.8. The van der Waals surface area contributed by atoms with E-state index < -0.39 is 17.6 Å². The molecule has 0 unspecified atom stereocenters. The van der Waals surface area contributed by atoms with Crippen LogP contribution in [-0.2, 0) is 6.42 Å². The number of hydrogen-bond acceptors (Lipinski definition) is 2. The number of carbonyl (C=O) groups excluding carboxylic acids is 1. The molecule has 0 aromatic heterocycles. The Balaban J connectivity index is 2.03. The Morgan fingerprint density at radius 2 is 1.91 bits per heavy atom. The fourth-order valence-electron chi connectivity index (χ4n) is 3.02. The average Bonchev–Trinajstić information content (AvgIpc) is 2.65. The minimum absolute atomic E-state index is 0.00576. The van der Waals surface area contributed by atoms with E-state index in [1.54, 1.807) is 48.5 Å². The Kier molecular flexibility index (Phi) is 4.02. The van der Waals surface area contributed by atoms with Gasteiger partial charge in [0, 0.05) is 10.6 Å². The van der Waals surface area contributed by atoms with Gasteiger partial charge in [-0.1, -0.05) is 41.9 Å². The van der Waals surface area contributed by atoms with Gasteiger partial charge in [0.05, 0.1) is 0 Å². The van der Waals surface area contributed by atoms with Gasteiger partial charge in [-0.05, 0) is 48.6 Å². The van der Waals surface area contributed by atoms with Crippen LogP contribution >= 0.6 is 11.6 Å². The predicted molar refractivity (Wildman–Crippen MR) is 84.0 cm³/mol. The van der Waals surface area contributed by atoms with Crippen molar-refractivity contribution in [1.29, 1.82) is 0 Å². The molecule has 2 aromatic carbocycles. The first-order chi connectivity index (χ1) is 10.5. The van der Waals surface area contributed by atoms with Gasteiger partial charge >= 0.3 is 0 Å². The lowest BCUT2D eigenvalue weighted by Gasteiger charge is -2.28. The van der Waals surface area contributed by atoms with Crippen LogP contribution in [0.25, 0.3) is 0 Å². The molecular formula is C18H16ClFO2. The predicted octanol–water partition coefficient (Wildman–Crippen LogP) is 4.30. The summed E-state index contributed by atoms with van der Waals surface area (Å²) >= 11 is 5.95. The zero-order valence-electron chi connectivity index (χ0n) is 11.9. The zero-order valence-corrected chi connectivity index (χ0v) is 12.7. The molecule has 3 rings (SSSR count). The second-order valence-corrected chi connectivity index (χ2v) is 6.10. The van der Waals surface area contributed by atoms with Gasteiger partial charge in [0.25, 0.3) is 0 Å². The maximum atomic E-state index is 15.5. The summed E-state index contributed by atoms with van der Waals surface area (Å²) in [6.07, 6.45) is -0.412. The molecule has 4 heteroatoms. The molecule has 2 atom stereocenters. The van der Waals surface area contributed by atoms with Crippen molar-refractivity contribution in [1.82, 2.24) is 0 Å². The van der Waals surface area contributed by atoms with Crippen LogP contribution in [0.5, 0.6) is 0 Å². The molecule has 114 valence electrons. The number of halogens is 2. The van der Waals surface area contributed by atoms with Crippen molar-refractivity contribution in [2.75, 3.05) is 0 Å². The van der Waals surface area contributed by atoms with E-state index in [1.807, 2.05) is 0 Å². The van der Waals surface area contributed by atoms with E-state index in [4.69, 9.17) is 11.6 Å². The number of alkyl halides is 1. The lowest BCUT2D eigenvalue weighted by molar-refractivity contribution is -0.00431. The fourth-order valence-corrected chi connectivity index (χ4v) is 3.22. The second-order valence-electron chi connectivity index (χ2n) is 5.66. The van der Waals surface area contributed by atoms with Gasteiger partial charge in [0.1, 0.15) is 6.10 Å². The van der Waals surface area contributed by atoms with Gasteiger partial charge in [0.15, 0.2) is 0 Å². The van der Waals surface area contributed by atoms with Crippen LogP contribution < -0.4 is 0 Å². The van der Waals surface area contributed by atoms with E-state index >= 15 is 4.39 Å². The molecule has 0 saturated heterocycles. The zero-order chi connectivity index (χ0) is 15.7. The second kappa shape index (κ2) is 5.82. The quantitative estimate of drug-likeness (QED) is 0.838. The maximum absolute atomic E-state index is 15.5. The summed E-state index contributed by atoms with van der Waals surface area (Å²) in [4.78, 5) is 12.7. The van der Waals surface area contributed by atoms with Gasteiger partial charge in [-0.2, -0.15) is 0 Å². The number of fused-ring (bicyclic) bond motifs is 1. The first-order valence-electron chi connectivity index (χ1n) is 7.27. The van der Waals surface area contributed by atoms with Crippen molar-refractivity contribution in [2.45, 2.75) is 31.0 Å². The van der Waals surface area contributed by atoms with Crippen molar-refractivity contribution in [3.05, 3.63) is 70.2 Å². The van der Waals surface area contributed by atoms with Gasteiger partial charge in [-0.25, -0.2) is 4.39 Å². The minimum Gasteiger partial charge on any atom is -0.385 e. The van der Waals surface area contributed by atoms with E-state index in [9.17, 15) is 9.90 Å². The van der Waals surface area contributed by atoms with Crippen LogP contribution in [0.2, 0.25) is 5.02 Å². The lowest BCUT2D eigenvalue weighted by atomic mass is 9.84. The van der Waals surface area contributed by atoms with Crippen molar-refractivity contribution in [2.24, 2.45) is 0 Å². The number of aliphatic hydroxyl groups is 1. The molecule has 0 amide bonds. The topological polar surface area (TPSA) is 37.3 Å². The fraction of sp³-hybridized carbons (Fsp3) is 0.278. The number of benzene rings is 2. The minimum atomic E-state index is -2.31. The van der Waals surface area contributed by atoms with Gasteiger partial charge in [-0.15, -0.1) is 0 Å². The molecule has 0 fully saturated rings. The molecule has 2 aromatic rings. The Morgan fingerprint density at radius 1 is 1.18 bits per heavy atom. The molecule has 0 spiro atoms. The average molecular weight is 319 g/mol. The largest absolute Gasteiger partial charge is 0.385 e. The van der Waals surface area contributed by atoms with Crippen molar-refractivity contribution in [3.63, 3.8) is 0 Å². The Labute approximate surface area is 133 Å². The summed E-state index contributed by atoms with van der Waals surface area (Å²) < 4.78 is 15.5. The number of aryl methyl sites for hydroxylation is 1. The van der Waals surface area contributed by atoms with E-state index in [-0.39, 0.29) is 6.42 Å². The molecule has 0 radical (unpaired) electrons. The number of carbonyl (C=O) groups is 1. The molecule has 1 aliphatic carbocycles. The van der Waals surface area contributed by atoms with Gasteiger partial charge in [0.2, 0.25) is 11.5 Å². The third kappa shape index (κ3) is 2.55. The molecule has 1 N–H and O–H groups in total. The Morgan fingerprint density at radius 3 is 2.64 bits per heavy atom. The molecule has 0 heterocycles. The molecule has 0 bridgehead atoms. The van der Waals surface area contributed by atoms with Crippen LogP contribution in [0.3, 0.4) is 0 Å². The van der Waals surface area contributed by atoms with Crippen LogP contribution in [0.15, 0.2) is 48.5 Å². The highest BCUT2D eigenvalue weighted by atomic mass is 35.5. The Hall–Kier alpha value is -1.71. The third-order valence-corrected chi connectivity index (χ3v) is 4.46. The summed E-state index contributed by atoms with van der Waals surface area (Å²) in [5, 5.41) is 11.0. The Bertz CT molecular complexity index is 701. The number of aliphatic hydroxyl groups excluding tert-OH is 1. The summed E-state index contributed by atoms with van der Waals surface area (Å²) in [5.74, 6) is -0.659. The highest BCUT2D eigenvalue weighted by Crippen LogP contribution is 2.40. The van der Waals surface area contributed by atoms with E-state index in [2.05, 4.69) is 0 Å². The van der Waals surface area contributed by atoms with Crippen LogP contribution in [0.1, 0.15) is 40.4 Å². The first-order valence-corrected chi connectivity index (χ1v) is 7.65. The molecular weight excluding hydrogens is 303 g/mol. The molecule has 0 saturated carbocycles. The van der Waals surface area contributed by atoms with E-state index in [0.29, 0.717) is 29.0 Å². The number of Topliss-reactive ketones (excluding diaryl/α,β-unsaturated/α-hetero) is 1. The summed E-state index contributed by atoms with van der Waals surface area (Å²) in [6, 6.07) is 13.3. The van der Waals surface area contributed by atoms with Crippen LogP contribution in [0.4, 0.5) is 4.39 Å². The summed E-state index contributed by atoms with van der Waals surface area (Å²) in [5.41, 5.74) is -0.826. The SMILES string of the molecule is O=C1c2ccc(Cl)cc2CCC[C@@]1(F)[C@@H](O)c1ccccc1. The van der Waals surface area contributed by atoms with Gasteiger partial charge in [-0.3, -0.25) is 4.79 Å². The van der Waals surface area contributed by atoms with Crippen LogP contribution in [0, 0.1) is 0 Å². The highest BCUT2D eigenvalue weighted by molar-refractivity contribution is 6.30. The van der Waals surface area contributed by atoms with Crippen molar-refractivity contribution in [3.8, 4) is 0 Å². The molecule has 22 heavy (non-hydrogen) atoms. The van der Waals surface area contributed by atoms with Gasteiger partial charge < -0.3 is 5.11 Å². The van der Waals surface area contributed by atoms with Crippen molar-refractivity contribution < 1.29 is 14.3 Å². The molecule has 0 aliphatic heterocycles. The van der Waals surface area contributed by atoms with E-state index in [1.165, 1.54) is 0 Å². The number of hydrogen-bond donors (Lipinski definition) is 1. The van der Waals surface area contributed by atoms with Crippen LogP contribution in [-0.4, -0.2) is 16.6 Å². The standard InChI is InChI=1S/C18H16ClFO2/c19-14-8-9-15-13(11-14)7-4-10-18(20,17(15)22)16(21)12-5-2-1-3-6-12/h1-3,5-6,8-9,11,16,21H,4,7,10H2/t16-,18+/m0/s1. The monoisotopic (exact) mass is 318 g/mol. The summed E-state index contributed by atoms with van der Waals surface area (Å²) in [7, 11) is 0. The third-order valence-electron chi connectivity index (χ3n) is 4.22.